The lowest BCUT2D eigenvalue weighted by molar-refractivity contribution is 0.224. The number of likely N-dealkylation sites (N-methyl/N-ethyl adjacent to an activating group) is 1. The van der Waals surface area contributed by atoms with Crippen molar-refractivity contribution in [2.75, 3.05) is 26.7 Å². The number of ether oxygens (including phenoxy) is 1. The predicted molar refractivity (Wildman–Crippen MR) is 147 cm³/mol. The summed E-state index contributed by atoms with van der Waals surface area (Å²) in [5, 5.41) is 12.5. The number of hydrogen-bond donors (Lipinski definition) is 1. The molecule has 3 aromatic carbocycles. The van der Waals surface area contributed by atoms with Crippen molar-refractivity contribution in [1.29, 1.82) is 0 Å². The SMILES string of the molecule is CCN(CC)C(CN=Cc1c(O)n(Cc2ccc(OC)cc2)c(=O)c2ccccc12)c1ccccc1. The Labute approximate surface area is 212 Å². The van der Waals surface area contributed by atoms with E-state index in [1.807, 2.05) is 60.7 Å². The first kappa shape index (κ1) is 25.2. The average Bonchev–Trinajstić information content (AvgIpc) is 2.93. The van der Waals surface area contributed by atoms with Crippen LogP contribution in [0.15, 0.2) is 88.6 Å². The molecule has 0 fully saturated rings. The highest BCUT2D eigenvalue weighted by molar-refractivity contribution is 6.01. The lowest BCUT2D eigenvalue weighted by atomic mass is 10.0. The van der Waals surface area contributed by atoms with Crippen molar-refractivity contribution >= 4 is 17.0 Å². The largest absolute Gasteiger partial charge is 0.497 e. The quantitative estimate of drug-likeness (QED) is 0.312. The van der Waals surface area contributed by atoms with Crippen molar-refractivity contribution in [2.45, 2.75) is 26.4 Å². The maximum Gasteiger partial charge on any atom is 0.261 e. The van der Waals surface area contributed by atoms with Gasteiger partial charge in [-0.15, -0.1) is 0 Å². The summed E-state index contributed by atoms with van der Waals surface area (Å²) in [6.07, 6.45) is 1.71. The minimum Gasteiger partial charge on any atom is -0.497 e. The highest BCUT2D eigenvalue weighted by atomic mass is 16.5. The van der Waals surface area contributed by atoms with Gasteiger partial charge in [-0.05, 0) is 42.4 Å². The Morgan fingerprint density at radius 2 is 1.58 bits per heavy atom. The number of hydrogen-bond acceptors (Lipinski definition) is 5. The first-order valence-corrected chi connectivity index (χ1v) is 12.3. The van der Waals surface area contributed by atoms with Crippen molar-refractivity contribution < 1.29 is 9.84 Å². The van der Waals surface area contributed by atoms with E-state index in [0.717, 1.165) is 24.4 Å². The molecule has 0 radical (unpaired) electrons. The van der Waals surface area contributed by atoms with E-state index in [4.69, 9.17) is 9.73 Å². The Morgan fingerprint density at radius 1 is 0.944 bits per heavy atom. The van der Waals surface area contributed by atoms with Crippen LogP contribution in [-0.4, -0.2) is 47.5 Å². The van der Waals surface area contributed by atoms with Crippen LogP contribution in [0.4, 0.5) is 0 Å². The van der Waals surface area contributed by atoms with Gasteiger partial charge in [0.1, 0.15) is 5.75 Å². The van der Waals surface area contributed by atoms with Gasteiger partial charge in [-0.2, -0.15) is 0 Å². The number of fused-ring (bicyclic) bond motifs is 1. The standard InChI is InChI=1S/C30H33N3O3/c1-4-32(5-2)28(23-11-7-6-8-12-23)20-31-19-27-25-13-9-10-14-26(25)29(34)33(30(27)35)21-22-15-17-24(36-3)18-16-22/h6-19,28,35H,4-5,20-21H2,1-3H3. The van der Waals surface area contributed by atoms with E-state index in [1.165, 1.54) is 10.1 Å². The minimum absolute atomic E-state index is 0.0858. The fraction of sp³-hybridized carbons (Fsp3) is 0.267. The highest BCUT2D eigenvalue weighted by Gasteiger charge is 2.18. The van der Waals surface area contributed by atoms with E-state index < -0.39 is 0 Å². The smallest absolute Gasteiger partial charge is 0.261 e. The number of aliphatic imine (C=N–C) groups is 1. The molecule has 1 N–H and O–H groups in total. The van der Waals surface area contributed by atoms with Gasteiger partial charge >= 0.3 is 0 Å². The molecule has 0 bridgehead atoms. The number of pyridine rings is 1. The third-order valence-electron chi connectivity index (χ3n) is 6.63. The third kappa shape index (κ3) is 5.34. The minimum atomic E-state index is -0.235. The Kier molecular flexibility index (Phi) is 8.18. The summed E-state index contributed by atoms with van der Waals surface area (Å²) in [5.41, 5.74) is 2.40. The van der Waals surface area contributed by atoms with Crippen LogP contribution in [0.1, 0.15) is 36.6 Å². The van der Waals surface area contributed by atoms with Crippen LogP contribution in [0, 0.1) is 0 Å². The van der Waals surface area contributed by atoms with Gasteiger partial charge in [-0.3, -0.25) is 19.3 Å². The Bertz CT molecular complexity index is 1370. The molecule has 1 atom stereocenters. The van der Waals surface area contributed by atoms with Gasteiger partial charge < -0.3 is 9.84 Å². The van der Waals surface area contributed by atoms with Crippen LogP contribution in [0.5, 0.6) is 11.6 Å². The number of benzene rings is 3. The Morgan fingerprint density at radius 3 is 2.22 bits per heavy atom. The molecule has 6 heteroatoms. The molecular formula is C30H33N3O3. The predicted octanol–water partition coefficient (Wildman–Crippen LogP) is 5.27. The van der Waals surface area contributed by atoms with E-state index in [9.17, 15) is 9.90 Å². The normalized spacial score (nSPS) is 12.4. The van der Waals surface area contributed by atoms with Crippen molar-refractivity contribution in [3.05, 3.63) is 106 Å². The van der Waals surface area contributed by atoms with E-state index in [-0.39, 0.29) is 24.0 Å². The monoisotopic (exact) mass is 483 g/mol. The first-order chi connectivity index (χ1) is 17.6. The molecule has 0 saturated heterocycles. The molecule has 0 spiro atoms. The summed E-state index contributed by atoms with van der Waals surface area (Å²) in [6.45, 7) is 6.90. The summed E-state index contributed by atoms with van der Waals surface area (Å²) >= 11 is 0. The van der Waals surface area contributed by atoms with Crippen LogP contribution in [-0.2, 0) is 6.54 Å². The van der Waals surface area contributed by atoms with Crippen molar-refractivity contribution in [3.63, 3.8) is 0 Å². The molecule has 36 heavy (non-hydrogen) atoms. The molecule has 6 nitrogen and oxygen atoms in total. The number of methoxy groups -OCH3 is 1. The molecule has 0 aliphatic heterocycles. The van der Waals surface area contributed by atoms with Gasteiger partial charge in [0.05, 0.1) is 31.8 Å². The van der Waals surface area contributed by atoms with Gasteiger partial charge in [-0.25, -0.2) is 0 Å². The molecule has 0 aliphatic carbocycles. The zero-order chi connectivity index (χ0) is 25.5. The first-order valence-electron chi connectivity index (χ1n) is 12.3. The topological polar surface area (TPSA) is 67.1 Å². The maximum absolute atomic E-state index is 13.3. The highest BCUT2D eigenvalue weighted by Crippen LogP contribution is 2.25. The van der Waals surface area contributed by atoms with Gasteiger partial charge in [-0.1, -0.05) is 74.5 Å². The van der Waals surface area contributed by atoms with Gasteiger partial charge in [0.25, 0.3) is 5.56 Å². The average molecular weight is 484 g/mol. The molecule has 186 valence electrons. The molecule has 0 aliphatic rings. The third-order valence-corrected chi connectivity index (χ3v) is 6.63. The fourth-order valence-electron chi connectivity index (χ4n) is 4.61. The zero-order valence-electron chi connectivity index (χ0n) is 21.1. The molecule has 1 heterocycles. The lowest BCUT2D eigenvalue weighted by Crippen LogP contribution is -2.30. The summed E-state index contributed by atoms with van der Waals surface area (Å²) in [5.74, 6) is 0.653. The second kappa shape index (κ2) is 11.7. The molecular weight excluding hydrogens is 450 g/mol. The van der Waals surface area contributed by atoms with E-state index in [2.05, 4.69) is 30.9 Å². The van der Waals surface area contributed by atoms with Gasteiger partial charge in [0, 0.05) is 17.0 Å². The summed E-state index contributed by atoms with van der Waals surface area (Å²) in [7, 11) is 1.61. The number of aromatic hydroxyl groups is 1. The lowest BCUT2D eigenvalue weighted by Gasteiger charge is -2.28. The summed E-state index contributed by atoms with van der Waals surface area (Å²) in [4.78, 5) is 20.4. The molecule has 0 saturated carbocycles. The van der Waals surface area contributed by atoms with Crippen molar-refractivity contribution in [1.82, 2.24) is 9.47 Å². The number of nitrogens with zero attached hydrogens (tertiary/aromatic N) is 3. The van der Waals surface area contributed by atoms with E-state index in [0.29, 0.717) is 22.9 Å². The summed E-state index contributed by atoms with van der Waals surface area (Å²) in [6, 6.07) is 25.3. The molecule has 1 aromatic heterocycles. The van der Waals surface area contributed by atoms with Crippen molar-refractivity contribution in [3.8, 4) is 11.6 Å². The van der Waals surface area contributed by atoms with Crippen LogP contribution < -0.4 is 10.3 Å². The van der Waals surface area contributed by atoms with Crippen LogP contribution >= 0.6 is 0 Å². The molecule has 4 rings (SSSR count). The zero-order valence-corrected chi connectivity index (χ0v) is 21.1. The van der Waals surface area contributed by atoms with Crippen LogP contribution in [0.3, 0.4) is 0 Å². The Balaban J connectivity index is 1.72. The number of rotatable bonds is 10. The second-order valence-corrected chi connectivity index (χ2v) is 8.66. The summed E-state index contributed by atoms with van der Waals surface area (Å²) < 4.78 is 6.64. The Hall–Kier alpha value is -3.90. The van der Waals surface area contributed by atoms with Gasteiger partial charge in [0.2, 0.25) is 5.88 Å². The molecule has 4 aromatic rings. The second-order valence-electron chi connectivity index (χ2n) is 8.66. The number of aromatic nitrogens is 1. The fourth-order valence-corrected chi connectivity index (χ4v) is 4.61. The molecule has 1 unspecified atom stereocenters. The van der Waals surface area contributed by atoms with Crippen LogP contribution in [0.25, 0.3) is 10.8 Å². The van der Waals surface area contributed by atoms with Crippen LogP contribution in [0.2, 0.25) is 0 Å². The molecule has 0 amide bonds. The van der Waals surface area contributed by atoms with Gasteiger partial charge in [0.15, 0.2) is 0 Å². The van der Waals surface area contributed by atoms with E-state index in [1.54, 1.807) is 19.4 Å². The maximum atomic E-state index is 13.3. The van der Waals surface area contributed by atoms with Crippen molar-refractivity contribution in [2.24, 2.45) is 4.99 Å². The van der Waals surface area contributed by atoms with E-state index >= 15 is 0 Å².